The number of nitrogens with one attached hydrogen (secondary N) is 1. The third-order valence-electron chi connectivity index (χ3n) is 2.80. The molecule has 0 aromatic heterocycles. The molecule has 0 aliphatic carbocycles. The molecule has 3 nitrogen and oxygen atoms in total. The minimum absolute atomic E-state index is 0.0329. The number of rotatable bonds is 7. The van der Waals surface area contributed by atoms with Crippen LogP contribution in [0.3, 0.4) is 0 Å². The average molecular weight is 324 g/mol. The Kier molecular flexibility index (Phi) is 6.60. The molecular weight excluding hydrogens is 305 g/mol. The van der Waals surface area contributed by atoms with Gasteiger partial charge in [-0.15, -0.1) is 0 Å². The van der Waals surface area contributed by atoms with E-state index in [1.807, 2.05) is 13.8 Å². The van der Waals surface area contributed by atoms with Crippen molar-refractivity contribution < 1.29 is 8.42 Å². The summed E-state index contributed by atoms with van der Waals surface area (Å²) in [4.78, 5) is 0.223. The molecular formula is C13H19Cl2NO2S. The second kappa shape index (κ2) is 7.48. The highest BCUT2D eigenvalue weighted by atomic mass is 35.5. The van der Waals surface area contributed by atoms with Crippen molar-refractivity contribution in [3.05, 3.63) is 28.2 Å². The van der Waals surface area contributed by atoms with E-state index >= 15 is 0 Å². The first kappa shape index (κ1) is 16.8. The predicted molar refractivity (Wildman–Crippen MR) is 80.9 cm³/mol. The first-order valence-electron chi connectivity index (χ1n) is 6.32. The van der Waals surface area contributed by atoms with Crippen molar-refractivity contribution in [1.29, 1.82) is 0 Å². The van der Waals surface area contributed by atoms with Crippen LogP contribution in [0.15, 0.2) is 23.1 Å². The first-order valence-corrected chi connectivity index (χ1v) is 8.72. The van der Waals surface area contributed by atoms with Gasteiger partial charge in [-0.2, -0.15) is 0 Å². The molecule has 108 valence electrons. The third-order valence-corrected chi connectivity index (χ3v) is 5.35. The fourth-order valence-corrected chi connectivity index (χ4v) is 3.86. The maximum absolute atomic E-state index is 12.3. The molecule has 0 spiro atoms. The van der Waals surface area contributed by atoms with Crippen molar-refractivity contribution in [3.63, 3.8) is 0 Å². The SMILES string of the molecule is CCCC(CS(=O)(=O)c1ccc(Cl)c(Cl)c1)NCC. The summed E-state index contributed by atoms with van der Waals surface area (Å²) in [5.74, 6) is 0.0760. The molecule has 0 fully saturated rings. The molecule has 1 rings (SSSR count). The third kappa shape index (κ3) is 4.95. The van der Waals surface area contributed by atoms with E-state index in [2.05, 4.69) is 5.32 Å². The van der Waals surface area contributed by atoms with Gasteiger partial charge >= 0.3 is 0 Å². The molecule has 0 saturated carbocycles. The Bertz CT molecular complexity index is 511. The van der Waals surface area contributed by atoms with Crippen LogP contribution in [0.1, 0.15) is 26.7 Å². The van der Waals surface area contributed by atoms with Gasteiger partial charge < -0.3 is 5.32 Å². The zero-order valence-electron chi connectivity index (χ0n) is 11.1. The largest absolute Gasteiger partial charge is 0.313 e. The van der Waals surface area contributed by atoms with E-state index in [-0.39, 0.29) is 21.7 Å². The van der Waals surface area contributed by atoms with E-state index in [0.29, 0.717) is 5.02 Å². The van der Waals surface area contributed by atoms with Crippen LogP contribution in [-0.2, 0) is 9.84 Å². The van der Waals surface area contributed by atoms with Crippen LogP contribution in [-0.4, -0.2) is 26.8 Å². The van der Waals surface area contributed by atoms with Gasteiger partial charge in [0, 0.05) is 6.04 Å². The quantitative estimate of drug-likeness (QED) is 0.834. The summed E-state index contributed by atoms with van der Waals surface area (Å²) in [5.41, 5.74) is 0. The highest BCUT2D eigenvalue weighted by Crippen LogP contribution is 2.25. The van der Waals surface area contributed by atoms with Crippen LogP contribution in [0.4, 0.5) is 0 Å². The predicted octanol–water partition coefficient (Wildman–Crippen LogP) is 3.55. The summed E-state index contributed by atoms with van der Waals surface area (Å²) in [7, 11) is -3.35. The fraction of sp³-hybridized carbons (Fsp3) is 0.538. The second-order valence-corrected chi connectivity index (χ2v) is 7.25. The molecule has 1 aromatic carbocycles. The molecule has 0 radical (unpaired) electrons. The number of halogens is 2. The monoisotopic (exact) mass is 323 g/mol. The van der Waals surface area contributed by atoms with Crippen molar-refractivity contribution >= 4 is 33.0 Å². The van der Waals surface area contributed by atoms with E-state index in [1.54, 1.807) is 0 Å². The Morgan fingerprint density at radius 1 is 1.21 bits per heavy atom. The summed E-state index contributed by atoms with van der Waals surface area (Å²) in [6.45, 7) is 4.76. The topological polar surface area (TPSA) is 46.2 Å². The number of hydrogen-bond acceptors (Lipinski definition) is 3. The second-order valence-electron chi connectivity index (χ2n) is 4.40. The van der Waals surface area contributed by atoms with Crippen LogP contribution in [0.5, 0.6) is 0 Å². The summed E-state index contributed by atoms with van der Waals surface area (Å²) >= 11 is 11.7. The first-order chi connectivity index (χ1) is 8.90. The summed E-state index contributed by atoms with van der Waals surface area (Å²) in [6, 6.07) is 4.39. The molecule has 19 heavy (non-hydrogen) atoms. The van der Waals surface area contributed by atoms with E-state index in [4.69, 9.17) is 23.2 Å². The van der Waals surface area contributed by atoms with Gasteiger partial charge in [0.2, 0.25) is 0 Å². The number of sulfone groups is 1. The van der Waals surface area contributed by atoms with Gasteiger partial charge in [0.05, 0.1) is 20.7 Å². The van der Waals surface area contributed by atoms with E-state index in [0.717, 1.165) is 19.4 Å². The maximum Gasteiger partial charge on any atom is 0.179 e. The molecule has 0 saturated heterocycles. The molecule has 1 atom stereocenters. The lowest BCUT2D eigenvalue weighted by molar-refractivity contribution is 0.513. The Morgan fingerprint density at radius 3 is 2.42 bits per heavy atom. The van der Waals surface area contributed by atoms with E-state index in [9.17, 15) is 8.42 Å². The van der Waals surface area contributed by atoms with Crippen molar-refractivity contribution in [2.24, 2.45) is 0 Å². The molecule has 0 amide bonds. The smallest absolute Gasteiger partial charge is 0.179 e. The van der Waals surface area contributed by atoms with Gasteiger partial charge in [-0.1, -0.05) is 43.5 Å². The fourth-order valence-electron chi connectivity index (χ4n) is 1.91. The highest BCUT2D eigenvalue weighted by molar-refractivity contribution is 7.91. The molecule has 0 aliphatic rings. The zero-order chi connectivity index (χ0) is 14.5. The molecule has 1 unspecified atom stereocenters. The summed E-state index contributed by atoms with van der Waals surface area (Å²) in [6.07, 6.45) is 1.77. The van der Waals surface area contributed by atoms with E-state index < -0.39 is 9.84 Å². The Balaban J connectivity index is 2.92. The lowest BCUT2D eigenvalue weighted by atomic mass is 10.2. The van der Waals surface area contributed by atoms with Gasteiger partial charge in [-0.25, -0.2) is 8.42 Å². The molecule has 1 N–H and O–H groups in total. The Labute approximate surface area is 125 Å². The van der Waals surface area contributed by atoms with Crippen molar-refractivity contribution in [3.8, 4) is 0 Å². The van der Waals surface area contributed by atoms with Crippen molar-refractivity contribution in [2.45, 2.75) is 37.6 Å². The van der Waals surface area contributed by atoms with Gasteiger partial charge in [0.1, 0.15) is 0 Å². The molecule has 0 heterocycles. The summed E-state index contributed by atoms with van der Waals surface area (Å²) < 4.78 is 24.6. The lowest BCUT2D eigenvalue weighted by Crippen LogP contribution is -2.35. The van der Waals surface area contributed by atoms with Gasteiger partial charge in [0.25, 0.3) is 0 Å². The van der Waals surface area contributed by atoms with Gasteiger partial charge in [-0.05, 0) is 31.2 Å². The molecule has 0 aliphatic heterocycles. The summed E-state index contributed by atoms with van der Waals surface area (Å²) in [5, 5.41) is 3.82. The zero-order valence-corrected chi connectivity index (χ0v) is 13.4. The molecule has 0 bridgehead atoms. The van der Waals surface area contributed by atoms with Crippen LogP contribution >= 0.6 is 23.2 Å². The highest BCUT2D eigenvalue weighted by Gasteiger charge is 2.21. The molecule has 1 aromatic rings. The van der Waals surface area contributed by atoms with Crippen LogP contribution in [0.2, 0.25) is 10.0 Å². The van der Waals surface area contributed by atoms with Crippen LogP contribution in [0, 0.1) is 0 Å². The average Bonchev–Trinajstić information content (AvgIpc) is 2.32. The maximum atomic E-state index is 12.3. The minimum Gasteiger partial charge on any atom is -0.313 e. The van der Waals surface area contributed by atoms with Crippen LogP contribution < -0.4 is 5.32 Å². The lowest BCUT2D eigenvalue weighted by Gasteiger charge is -2.17. The number of benzene rings is 1. The van der Waals surface area contributed by atoms with Crippen molar-refractivity contribution in [2.75, 3.05) is 12.3 Å². The normalized spacial score (nSPS) is 13.5. The molecule has 6 heteroatoms. The van der Waals surface area contributed by atoms with Gasteiger partial charge in [0.15, 0.2) is 9.84 Å². The van der Waals surface area contributed by atoms with Crippen LogP contribution in [0.25, 0.3) is 0 Å². The Morgan fingerprint density at radius 2 is 1.89 bits per heavy atom. The minimum atomic E-state index is -3.35. The standard InChI is InChI=1S/C13H19Cl2NO2S/c1-3-5-10(16-4-2)9-19(17,18)11-6-7-12(14)13(15)8-11/h6-8,10,16H,3-5,9H2,1-2H3. The van der Waals surface area contributed by atoms with E-state index in [1.165, 1.54) is 18.2 Å². The Hall–Kier alpha value is -0.290. The van der Waals surface area contributed by atoms with Crippen molar-refractivity contribution in [1.82, 2.24) is 5.32 Å². The van der Waals surface area contributed by atoms with Gasteiger partial charge in [-0.3, -0.25) is 0 Å². The number of hydrogen-bond donors (Lipinski definition) is 1.